The van der Waals surface area contributed by atoms with Gasteiger partial charge in [-0.3, -0.25) is 4.79 Å². The van der Waals surface area contributed by atoms with Crippen LogP contribution in [0.1, 0.15) is 28.8 Å². The summed E-state index contributed by atoms with van der Waals surface area (Å²) in [5, 5.41) is 4.25. The van der Waals surface area contributed by atoms with Crippen molar-refractivity contribution in [2.45, 2.75) is 25.4 Å². The van der Waals surface area contributed by atoms with Gasteiger partial charge in [-0.25, -0.2) is 0 Å². The average Bonchev–Trinajstić information content (AvgIpc) is 3.41. The van der Waals surface area contributed by atoms with Crippen molar-refractivity contribution in [1.29, 1.82) is 0 Å². The molecule has 164 valence electrons. The van der Waals surface area contributed by atoms with E-state index in [9.17, 15) is 14.4 Å². The molecule has 0 fully saturated rings. The number of fused-ring (bicyclic) bond motifs is 2. The van der Waals surface area contributed by atoms with Crippen LogP contribution < -0.4 is 15.8 Å². The van der Waals surface area contributed by atoms with E-state index < -0.39 is 6.04 Å². The number of aromatic nitrogens is 1. The van der Waals surface area contributed by atoms with Gasteiger partial charge in [0, 0.05) is 46.5 Å². The fourth-order valence-corrected chi connectivity index (χ4v) is 3.79. The Kier molecular flexibility index (Phi) is 6.21. The first-order valence-electron chi connectivity index (χ1n) is 10.3. The fraction of sp³-hybridized carbons (Fsp3) is 0.208. The van der Waals surface area contributed by atoms with E-state index in [2.05, 4.69) is 10.3 Å². The maximum Gasteiger partial charge on any atom is 0.255 e. The number of aromatic amines is 1. The summed E-state index contributed by atoms with van der Waals surface area (Å²) < 4.78 is 5.89. The molecule has 0 aliphatic carbocycles. The molecule has 2 heterocycles. The zero-order valence-corrected chi connectivity index (χ0v) is 17.4. The van der Waals surface area contributed by atoms with E-state index in [-0.39, 0.29) is 25.5 Å². The number of rotatable bonds is 10. The number of anilines is 1. The van der Waals surface area contributed by atoms with E-state index in [1.807, 2.05) is 30.5 Å². The second kappa shape index (κ2) is 9.38. The molecule has 8 heteroatoms. The van der Waals surface area contributed by atoms with Crippen molar-refractivity contribution in [3.63, 3.8) is 0 Å². The number of benzene rings is 2. The van der Waals surface area contributed by atoms with Crippen LogP contribution in [0.4, 0.5) is 5.69 Å². The lowest BCUT2D eigenvalue weighted by Gasteiger charge is -2.22. The lowest BCUT2D eigenvalue weighted by molar-refractivity contribution is -0.112. The molecule has 8 nitrogen and oxygen atoms in total. The molecular weight excluding hydrogens is 408 g/mol. The Morgan fingerprint density at radius 3 is 2.94 bits per heavy atom. The predicted molar refractivity (Wildman–Crippen MR) is 121 cm³/mol. The highest BCUT2D eigenvalue weighted by Crippen LogP contribution is 2.32. The lowest BCUT2D eigenvalue weighted by Crippen LogP contribution is -2.36. The molecule has 1 aliphatic rings. The van der Waals surface area contributed by atoms with Gasteiger partial charge in [-0.15, -0.1) is 0 Å². The van der Waals surface area contributed by atoms with Gasteiger partial charge in [0.05, 0.1) is 18.3 Å². The monoisotopic (exact) mass is 432 g/mol. The molecule has 0 saturated heterocycles. The summed E-state index contributed by atoms with van der Waals surface area (Å²) in [6.07, 6.45) is 5.55. The van der Waals surface area contributed by atoms with E-state index in [0.29, 0.717) is 35.3 Å². The minimum Gasteiger partial charge on any atom is -0.487 e. The van der Waals surface area contributed by atoms with E-state index in [1.54, 1.807) is 24.4 Å². The predicted octanol–water partition coefficient (Wildman–Crippen LogP) is 2.96. The molecule has 0 saturated carbocycles. The molecule has 32 heavy (non-hydrogen) atoms. The maximum absolute atomic E-state index is 12.8. The Balaban J connectivity index is 1.41. The Morgan fingerprint density at radius 1 is 1.25 bits per heavy atom. The molecule has 1 unspecified atom stereocenters. The van der Waals surface area contributed by atoms with Crippen LogP contribution in [-0.4, -0.2) is 41.0 Å². The normalized spacial score (nSPS) is 14.3. The number of H-pyrrole nitrogens is 1. The van der Waals surface area contributed by atoms with Gasteiger partial charge in [-0.05, 0) is 42.8 Å². The number of ether oxygens (including phenoxy) is 1. The first-order chi connectivity index (χ1) is 15.6. The van der Waals surface area contributed by atoms with Crippen LogP contribution >= 0.6 is 0 Å². The van der Waals surface area contributed by atoms with Gasteiger partial charge < -0.3 is 35.3 Å². The molecule has 1 atom stereocenters. The lowest BCUT2D eigenvalue weighted by atomic mass is 10.1. The SMILES string of the molecule is N/C(=C\Nc1ccc2[nH]ccc2c1)COc1cccc2c1CN(C(C=O)CCC=O)C2=O. The highest BCUT2D eigenvalue weighted by Gasteiger charge is 2.34. The highest BCUT2D eigenvalue weighted by atomic mass is 16.5. The topological polar surface area (TPSA) is 118 Å². The second-order valence-corrected chi connectivity index (χ2v) is 7.59. The Hall–Kier alpha value is -4.07. The summed E-state index contributed by atoms with van der Waals surface area (Å²) >= 11 is 0. The van der Waals surface area contributed by atoms with E-state index in [4.69, 9.17) is 10.5 Å². The third-order valence-electron chi connectivity index (χ3n) is 5.46. The number of aldehydes is 2. The molecule has 1 aliphatic heterocycles. The first-order valence-corrected chi connectivity index (χ1v) is 10.3. The van der Waals surface area contributed by atoms with Gasteiger partial charge in [-0.2, -0.15) is 0 Å². The van der Waals surface area contributed by atoms with Crippen molar-refractivity contribution in [3.05, 3.63) is 71.7 Å². The van der Waals surface area contributed by atoms with Crippen LogP contribution in [-0.2, 0) is 16.1 Å². The fourth-order valence-electron chi connectivity index (χ4n) is 3.79. The standard InChI is InChI=1S/C24H24N4O4/c25-17(12-27-18-6-7-22-16(11-18)8-9-26-22)15-32-23-5-1-4-20-21(23)13-28(24(20)31)19(14-30)3-2-10-29/h1,4-12,14,19,26-27H,2-3,13,15,25H2/b17-12-. The Labute approximate surface area is 185 Å². The molecular formula is C24H24N4O4. The summed E-state index contributed by atoms with van der Waals surface area (Å²) in [7, 11) is 0. The molecule has 2 aromatic carbocycles. The average molecular weight is 432 g/mol. The van der Waals surface area contributed by atoms with Crippen molar-refractivity contribution in [2.75, 3.05) is 11.9 Å². The third-order valence-corrected chi connectivity index (χ3v) is 5.46. The Bertz CT molecular complexity index is 1180. The number of carbonyl (C=O) groups excluding carboxylic acids is 3. The third kappa shape index (κ3) is 4.34. The molecule has 4 rings (SSSR count). The summed E-state index contributed by atoms with van der Waals surface area (Å²) in [6, 6.07) is 12.5. The van der Waals surface area contributed by atoms with Gasteiger partial charge in [0.15, 0.2) is 0 Å². The molecule has 1 amide bonds. The quantitative estimate of drug-likeness (QED) is 0.424. The first kappa shape index (κ1) is 21.2. The molecule has 1 aromatic heterocycles. The number of hydrogen-bond acceptors (Lipinski definition) is 6. The van der Waals surface area contributed by atoms with Crippen molar-refractivity contribution in [2.24, 2.45) is 5.73 Å². The zero-order chi connectivity index (χ0) is 22.5. The summed E-state index contributed by atoms with van der Waals surface area (Å²) in [6.45, 7) is 0.386. The number of nitrogens with two attached hydrogens (primary N) is 1. The summed E-state index contributed by atoms with van der Waals surface area (Å²) in [5.41, 5.74) is 9.75. The molecule has 0 spiro atoms. The van der Waals surface area contributed by atoms with Crippen LogP contribution in [0.15, 0.2) is 60.6 Å². The van der Waals surface area contributed by atoms with Gasteiger partial charge in [0.2, 0.25) is 0 Å². The minimum atomic E-state index is -0.639. The summed E-state index contributed by atoms with van der Waals surface area (Å²) in [5.74, 6) is 0.308. The molecule has 3 aromatic rings. The molecule has 0 radical (unpaired) electrons. The van der Waals surface area contributed by atoms with Crippen LogP contribution in [0.25, 0.3) is 10.9 Å². The van der Waals surface area contributed by atoms with E-state index in [1.165, 1.54) is 4.90 Å². The Morgan fingerprint density at radius 2 is 2.12 bits per heavy atom. The number of nitrogens with zero attached hydrogens (tertiary/aromatic N) is 1. The number of nitrogens with one attached hydrogen (secondary N) is 2. The van der Waals surface area contributed by atoms with E-state index in [0.717, 1.165) is 22.9 Å². The largest absolute Gasteiger partial charge is 0.487 e. The smallest absolute Gasteiger partial charge is 0.255 e. The maximum atomic E-state index is 12.8. The molecule has 0 bridgehead atoms. The van der Waals surface area contributed by atoms with Crippen LogP contribution in [0, 0.1) is 0 Å². The molecule has 4 N–H and O–H groups in total. The minimum absolute atomic E-state index is 0.131. The zero-order valence-electron chi connectivity index (χ0n) is 17.4. The van der Waals surface area contributed by atoms with Gasteiger partial charge in [0.25, 0.3) is 5.91 Å². The van der Waals surface area contributed by atoms with Gasteiger partial charge in [-0.1, -0.05) is 6.07 Å². The van der Waals surface area contributed by atoms with Gasteiger partial charge in [0.1, 0.15) is 24.9 Å². The number of amides is 1. The summed E-state index contributed by atoms with van der Waals surface area (Å²) in [4.78, 5) is 39.5. The van der Waals surface area contributed by atoms with Crippen LogP contribution in [0.2, 0.25) is 0 Å². The van der Waals surface area contributed by atoms with Gasteiger partial charge >= 0.3 is 0 Å². The van der Waals surface area contributed by atoms with Crippen molar-refractivity contribution < 1.29 is 19.1 Å². The number of hydrogen-bond donors (Lipinski definition) is 3. The van der Waals surface area contributed by atoms with E-state index >= 15 is 0 Å². The van der Waals surface area contributed by atoms with Crippen molar-refractivity contribution in [3.8, 4) is 5.75 Å². The van der Waals surface area contributed by atoms with Crippen molar-refractivity contribution in [1.82, 2.24) is 9.88 Å². The van der Waals surface area contributed by atoms with Crippen LogP contribution in [0.3, 0.4) is 0 Å². The number of carbonyl (C=O) groups is 3. The van der Waals surface area contributed by atoms with Crippen LogP contribution in [0.5, 0.6) is 5.75 Å². The second-order valence-electron chi connectivity index (χ2n) is 7.59. The highest BCUT2D eigenvalue weighted by molar-refractivity contribution is 6.00. The van der Waals surface area contributed by atoms with Crippen molar-refractivity contribution >= 4 is 35.1 Å².